The van der Waals surface area contributed by atoms with Crippen molar-refractivity contribution in [1.29, 1.82) is 0 Å². The summed E-state index contributed by atoms with van der Waals surface area (Å²) >= 11 is 7.55. The van der Waals surface area contributed by atoms with Crippen LogP contribution in [0.4, 0.5) is 4.39 Å². The normalized spacial score (nSPS) is 19.2. The lowest BCUT2D eigenvalue weighted by molar-refractivity contribution is 0.617. The molecule has 1 aromatic heterocycles. The van der Waals surface area contributed by atoms with Crippen molar-refractivity contribution in [1.82, 2.24) is 14.8 Å². The summed E-state index contributed by atoms with van der Waals surface area (Å²) in [6, 6.07) is 15.3. The average Bonchev–Trinajstić information content (AvgIpc) is 3.33. The third kappa shape index (κ3) is 3.31. The molecule has 0 bridgehead atoms. The number of halogens is 2. The molecule has 0 saturated heterocycles. The third-order valence-electron chi connectivity index (χ3n) is 4.63. The maximum absolute atomic E-state index is 13.9. The highest BCUT2D eigenvalue weighted by atomic mass is 35.5. The molecule has 4 rings (SSSR count). The highest BCUT2D eigenvalue weighted by molar-refractivity contribution is 7.98. The molecule has 0 amide bonds. The topological polar surface area (TPSA) is 30.7 Å². The molecule has 3 nitrogen and oxygen atoms in total. The minimum atomic E-state index is -0.284. The van der Waals surface area contributed by atoms with Crippen molar-refractivity contribution < 1.29 is 4.39 Å². The monoisotopic (exact) mass is 373 g/mol. The number of hydrogen-bond acceptors (Lipinski definition) is 3. The number of aromatic nitrogens is 3. The predicted octanol–water partition coefficient (Wildman–Crippen LogP) is 5.17. The first-order chi connectivity index (χ1) is 12.1. The van der Waals surface area contributed by atoms with Crippen molar-refractivity contribution in [2.45, 2.75) is 29.2 Å². The molecule has 2 atom stereocenters. The van der Waals surface area contributed by atoms with Gasteiger partial charge in [0.15, 0.2) is 5.16 Å². The lowest BCUT2D eigenvalue weighted by Gasteiger charge is -2.06. The molecule has 1 saturated carbocycles. The fourth-order valence-corrected chi connectivity index (χ4v) is 4.39. The summed E-state index contributed by atoms with van der Waals surface area (Å²) in [5.41, 5.74) is 1.86. The van der Waals surface area contributed by atoms with E-state index in [1.54, 1.807) is 12.1 Å². The van der Waals surface area contributed by atoms with Crippen LogP contribution in [0.3, 0.4) is 0 Å². The predicted molar refractivity (Wildman–Crippen MR) is 98.5 cm³/mol. The first-order valence-electron chi connectivity index (χ1n) is 8.15. The Bertz CT molecular complexity index is 877. The Balaban J connectivity index is 1.47. The molecule has 1 fully saturated rings. The highest BCUT2D eigenvalue weighted by Crippen LogP contribution is 2.54. The number of benzene rings is 2. The Labute approximate surface area is 155 Å². The maximum atomic E-state index is 13.9. The van der Waals surface area contributed by atoms with E-state index in [-0.39, 0.29) is 5.82 Å². The molecule has 0 N–H and O–H groups in total. The molecule has 25 heavy (non-hydrogen) atoms. The Morgan fingerprint density at radius 3 is 2.68 bits per heavy atom. The fraction of sp³-hybridized carbons (Fsp3) is 0.263. The Hall–Kier alpha value is -1.85. The van der Waals surface area contributed by atoms with E-state index in [1.165, 1.54) is 23.4 Å². The van der Waals surface area contributed by atoms with Gasteiger partial charge in [-0.05, 0) is 30.0 Å². The van der Waals surface area contributed by atoms with Gasteiger partial charge in [0.25, 0.3) is 0 Å². The zero-order valence-electron chi connectivity index (χ0n) is 13.7. The first kappa shape index (κ1) is 16.6. The van der Waals surface area contributed by atoms with Gasteiger partial charge in [-0.3, -0.25) is 0 Å². The van der Waals surface area contributed by atoms with E-state index in [0.717, 1.165) is 17.4 Å². The van der Waals surface area contributed by atoms with E-state index in [2.05, 4.69) is 34.5 Å². The van der Waals surface area contributed by atoms with Crippen LogP contribution in [0.1, 0.15) is 35.2 Å². The van der Waals surface area contributed by atoms with Crippen LogP contribution in [0.25, 0.3) is 0 Å². The van der Waals surface area contributed by atoms with Crippen molar-refractivity contribution >= 4 is 23.4 Å². The zero-order valence-corrected chi connectivity index (χ0v) is 15.3. The van der Waals surface area contributed by atoms with Gasteiger partial charge in [-0.25, -0.2) is 4.39 Å². The van der Waals surface area contributed by atoms with E-state index in [4.69, 9.17) is 11.6 Å². The number of nitrogens with zero attached hydrogens (tertiary/aromatic N) is 3. The van der Waals surface area contributed by atoms with E-state index in [0.29, 0.717) is 28.2 Å². The molecule has 0 radical (unpaired) electrons. The zero-order chi connectivity index (χ0) is 17.4. The fourth-order valence-electron chi connectivity index (χ4n) is 3.13. The van der Waals surface area contributed by atoms with Gasteiger partial charge in [-0.1, -0.05) is 59.8 Å². The second kappa shape index (κ2) is 6.81. The van der Waals surface area contributed by atoms with Crippen molar-refractivity contribution in [2.24, 2.45) is 7.05 Å². The van der Waals surface area contributed by atoms with Gasteiger partial charge < -0.3 is 4.57 Å². The van der Waals surface area contributed by atoms with E-state index in [1.807, 2.05) is 17.7 Å². The molecular formula is C19H17ClFN3S. The highest BCUT2D eigenvalue weighted by Gasteiger charge is 2.42. The summed E-state index contributed by atoms with van der Waals surface area (Å²) in [5, 5.41) is 9.90. The molecule has 128 valence electrons. The van der Waals surface area contributed by atoms with E-state index in [9.17, 15) is 4.39 Å². The standard InChI is InChI=1S/C19H17ClFN3S/c1-24-18(14-10-13(14)12-6-3-2-4-7-12)22-23-19(24)25-11-15-16(20)8-5-9-17(15)21/h2-9,13-14H,10-11H2,1H3. The minimum absolute atomic E-state index is 0.284. The summed E-state index contributed by atoms with van der Waals surface area (Å²) in [7, 11) is 1.97. The van der Waals surface area contributed by atoms with Gasteiger partial charge in [-0.15, -0.1) is 10.2 Å². The summed E-state index contributed by atoms with van der Waals surface area (Å²) < 4.78 is 15.9. The second-order valence-corrected chi connectivity index (χ2v) is 7.60. The lowest BCUT2D eigenvalue weighted by atomic mass is 10.1. The molecule has 3 aromatic rings. The largest absolute Gasteiger partial charge is 0.309 e. The van der Waals surface area contributed by atoms with Crippen molar-refractivity contribution in [3.63, 3.8) is 0 Å². The first-order valence-corrected chi connectivity index (χ1v) is 9.51. The van der Waals surface area contributed by atoms with Gasteiger partial charge in [0.05, 0.1) is 0 Å². The number of rotatable bonds is 5. The van der Waals surface area contributed by atoms with Crippen LogP contribution < -0.4 is 0 Å². The molecule has 1 aliphatic carbocycles. The van der Waals surface area contributed by atoms with Gasteiger partial charge in [0.2, 0.25) is 0 Å². The maximum Gasteiger partial charge on any atom is 0.191 e. The Morgan fingerprint density at radius 2 is 1.92 bits per heavy atom. The smallest absolute Gasteiger partial charge is 0.191 e. The van der Waals surface area contributed by atoms with Crippen molar-refractivity contribution in [3.05, 3.63) is 76.3 Å². The van der Waals surface area contributed by atoms with Crippen LogP contribution in [0.2, 0.25) is 5.02 Å². The summed E-state index contributed by atoms with van der Waals surface area (Å²) in [4.78, 5) is 0. The van der Waals surface area contributed by atoms with Crippen LogP contribution in [0, 0.1) is 5.82 Å². The van der Waals surface area contributed by atoms with Crippen LogP contribution in [0.15, 0.2) is 53.7 Å². The SMILES string of the molecule is Cn1c(SCc2c(F)cccc2Cl)nnc1C1CC1c1ccccc1. The van der Waals surface area contributed by atoms with Crippen LogP contribution in [-0.2, 0) is 12.8 Å². The lowest BCUT2D eigenvalue weighted by Crippen LogP contribution is -1.99. The summed E-state index contributed by atoms with van der Waals surface area (Å²) in [6.07, 6.45) is 1.10. The number of thioether (sulfide) groups is 1. The molecule has 1 aliphatic rings. The molecule has 1 heterocycles. The Morgan fingerprint density at radius 1 is 1.12 bits per heavy atom. The van der Waals surface area contributed by atoms with Crippen molar-refractivity contribution in [3.8, 4) is 0 Å². The summed E-state index contributed by atoms with van der Waals surface area (Å²) in [5.74, 6) is 2.07. The van der Waals surface area contributed by atoms with Crippen LogP contribution in [-0.4, -0.2) is 14.8 Å². The molecular weight excluding hydrogens is 357 g/mol. The number of hydrogen-bond donors (Lipinski definition) is 0. The quantitative estimate of drug-likeness (QED) is 0.578. The van der Waals surface area contributed by atoms with Crippen molar-refractivity contribution in [2.75, 3.05) is 0 Å². The van der Waals surface area contributed by atoms with Crippen LogP contribution in [0.5, 0.6) is 0 Å². The second-order valence-electron chi connectivity index (χ2n) is 6.25. The molecule has 0 spiro atoms. The average molecular weight is 374 g/mol. The van der Waals surface area contributed by atoms with E-state index >= 15 is 0 Å². The van der Waals surface area contributed by atoms with Gasteiger partial charge in [0.1, 0.15) is 11.6 Å². The molecule has 6 heteroatoms. The van der Waals surface area contributed by atoms with E-state index < -0.39 is 0 Å². The molecule has 2 unspecified atom stereocenters. The molecule has 2 aromatic carbocycles. The Kier molecular flexibility index (Phi) is 4.52. The van der Waals surface area contributed by atoms with Gasteiger partial charge in [0, 0.05) is 29.3 Å². The molecule has 0 aliphatic heterocycles. The third-order valence-corrected chi connectivity index (χ3v) is 6.03. The van der Waals surface area contributed by atoms with Gasteiger partial charge in [-0.2, -0.15) is 0 Å². The minimum Gasteiger partial charge on any atom is -0.309 e. The van der Waals surface area contributed by atoms with Gasteiger partial charge >= 0.3 is 0 Å². The summed E-state index contributed by atoms with van der Waals surface area (Å²) in [6.45, 7) is 0. The van der Waals surface area contributed by atoms with Crippen LogP contribution >= 0.6 is 23.4 Å².